The molecule has 142 valence electrons. The van der Waals surface area contributed by atoms with Crippen LogP contribution in [-0.2, 0) is 16.1 Å². The first-order valence-electron chi connectivity index (χ1n) is 8.84. The minimum Gasteiger partial charge on any atom is -0.355 e. The van der Waals surface area contributed by atoms with Gasteiger partial charge in [-0.25, -0.2) is 4.98 Å². The topological polar surface area (TPSA) is 93.1 Å². The van der Waals surface area contributed by atoms with E-state index < -0.39 is 0 Å². The van der Waals surface area contributed by atoms with Crippen LogP contribution in [0, 0.1) is 13.8 Å². The van der Waals surface area contributed by atoms with E-state index in [1.165, 1.54) is 22.2 Å². The van der Waals surface area contributed by atoms with Gasteiger partial charge in [0, 0.05) is 23.9 Å². The first-order valence-corrected chi connectivity index (χ1v) is 9.66. The highest BCUT2D eigenvalue weighted by atomic mass is 32.1. The van der Waals surface area contributed by atoms with Crippen molar-refractivity contribution in [1.29, 1.82) is 0 Å². The number of rotatable bonds is 8. The molecule has 2 rings (SSSR count). The van der Waals surface area contributed by atoms with Crippen LogP contribution in [0.4, 0.5) is 0 Å². The van der Waals surface area contributed by atoms with E-state index in [4.69, 9.17) is 0 Å². The Kier molecular flexibility index (Phi) is 6.90. The fourth-order valence-corrected chi connectivity index (χ4v) is 3.51. The monoisotopic (exact) mass is 378 g/mol. The molecule has 0 aliphatic heterocycles. The van der Waals surface area contributed by atoms with Crippen LogP contribution in [0.5, 0.6) is 0 Å². The van der Waals surface area contributed by atoms with Crippen molar-refractivity contribution in [2.45, 2.75) is 59.5 Å². The molecule has 0 fully saturated rings. The molecule has 2 aromatic rings. The quantitative estimate of drug-likeness (QED) is 0.686. The third-order valence-electron chi connectivity index (χ3n) is 4.39. The number of amides is 2. The van der Waals surface area contributed by atoms with E-state index in [0.29, 0.717) is 29.6 Å². The van der Waals surface area contributed by atoms with Gasteiger partial charge in [-0.2, -0.15) is 0 Å². The van der Waals surface area contributed by atoms with Crippen molar-refractivity contribution in [3.63, 3.8) is 0 Å². The van der Waals surface area contributed by atoms with E-state index in [1.54, 1.807) is 0 Å². The standard InChI is InChI=1S/C18H26N4O3S/c1-5-11(2)21-14(23)7-6-8-19-15(24)9-22-10-20-17-16(18(22)25)12(3)13(4)26-17/h10-11H,5-9H2,1-4H3,(H,19,24)(H,21,23). The predicted octanol–water partition coefficient (Wildman–Crippen LogP) is 1.89. The summed E-state index contributed by atoms with van der Waals surface area (Å²) in [5.41, 5.74) is 0.726. The number of carbonyl (C=O) groups excluding carboxylic acids is 2. The normalized spacial score (nSPS) is 12.2. The number of aryl methyl sites for hydroxylation is 2. The molecule has 8 heteroatoms. The summed E-state index contributed by atoms with van der Waals surface area (Å²) in [6, 6.07) is 0.163. The lowest BCUT2D eigenvalue weighted by Crippen LogP contribution is -2.34. The summed E-state index contributed by atoms with van der Waals surface area (Å²) in [5, 5.41) is 6.22. The van der Waals surface area contributed by atoms with Gasteiger partial charge in [-0.3, -0.25) is 19.0 Å². The molecule has 0 saturated carbocycles. The Balaban J connectivity index is 1.86. The average Bonchev–Trinajstić information content (AvgIpc) is 2.89. The minimum atomic E-state index is -0.264. The van der Waals surface area contributed by atoms with Gasteiger partial charge < -0.3 is 10.6 Å². The van der Waals surface area contributed by atoms with Gasteiger partial charge in [-0.15, -0.1) is 11.3 Å². The van der Waals surface area contributed by atoms with Crippen LogP contribution in [0.15, 0.2) is 11.1 Å². The van der Waals surface area contributed by atoms with E-state index in [1.807, 2.05) is 27.7 Å². The fraction of sp³-hybridized carbons (Fsp3) is 0.556. The summed E-state index contributed by atoms with van der Waals surface area (Å²) >= 11 is 1.48. The first-order chi connectivity index (χ1) is 12.3. The van der Waals surface area contributed by atoms with E-state index in [9.17, 15) is 14.4 Å². The van der Waals surface area contributed by atoms with Crippen LogP contribution in [0.3, 0.4) is 0 Å². The number of thiophene rings is 1. The summed E-state index contributed by atoms with van der Waals surface area (Å²) in [5.74, 6) is -0.275. The summed E-state index contributed by atoms with van der Waals surface area (Å²) < 4.78 is 1.33. The molecule has 2 N–H and O–H groups in total. The molecule has 7 nitrogen and oxygen atoms in total. The average molecular weight is 378 g/mol. The van der Waals surface area contributed by atoms with Crippen molar-refractivity contribution in [3.8, 4) is 0 Å². The second-order valence-electron chi connectivity index (χ2n) is 6.47. The molecule has 0 saturated heterocycles. The molecule has 0 aromatic carbocycles. The second-order valence-corrected chi connectivity index (χ2v) is 7.67. The van der Waals surface area contributed by atoms with Gasteiger partial charge in [0.1, 0.15) is 11.4 Å². The van der Waals surface area contributed by atoms with E-state index in [0.717, 1.165) is 16.9 Å². The zero-order valence-corrected chi connectivity index (χ0v) is 16.5. The van der Waals surface area contributed by atoms with Gasteiger partial charge in [0.05, 0.1) is 11.7 Å². The Morgan fingerprint density at radius 1 is 1.31 bits per heavy atom. The lowest BCUT2D eigenvalue weighted by molar-refractivity contribution is -0.123. The molecule has 0 aliphatic rings. The lowest BCUT2D eigenvalue weighted by atomic mass is 10.2. The maximum Gasteiger partial charge on any atom is 0.262 e. The molecule has 2 heterocycles. The van der Waals surface area contributed by atoms with Crippen molar-refractivity contribution in [1.82, 2.24) is 20.2 Å². The molecular formula is C18H26N4O3S. The predicted molar refractivity (Wildman–Crippen MR) is 103 cm³/mol. The summed E-state index contributed by atoms with van der Waals surface area (Å²) in [7, 11) is 0. The molecule has 26 heavy (non-hydrogen) atoms. The first kappa shape index (κ1) is 20.1. The molecule has 1 atom stereocenters. The highest BCUT2D eigenvalue weighted by molar-refractivity contribution is 7.18. The molecule has 0 bridgehead atoms. The van der Waals surface area contributed by atoms with Crippen LogP contribution in [0.25, 0.3) is 10.2 Å². The van der Waals surface area contributed by atoms with Crippen molar-refractivity contribution in [2.24, 2.45) is 0 Å². The molecule has 0 spiro atoms. The molecule has 2 aromatic heterocycles. The molecule has 0 radical (unpaired) electrons. The Labute approximate surface area is 156 Å². The van der Waals surface area contributed by atoms with Crippen molar-refractivity contribution in [2.75, 3.05) is 6.54 Å². The van der Waals surface area contributed by atoms with E-state index >= 15 is 0 Å². The highest BCUT2D eigenvalue weighted by Crippen LogP contribution is 2.25. The third kappa shape index (κ3) is 4.91. The summed E-state index contributed by atoms with van der Waals surface area (Å²) in [4.78, 5) is 42.3. The van der Waals surface area contributed by atoms with Gasteiger partial charge in [0.25, 0.3) is 5.56 Å². The number of nitrogens with one attached hydrogen (secondary N) is 2. The minimum absolute atomic E-state index is 0.0113. The zero-order valence-electron chi connectivity index (χ0n) is 15.7. The molecule has 0 aliphatic carbocycles. The van der Waals surface area contributed by atoms with Gasteiger partial charge in [-0.05, 0) is 39.2 Å². The molecule has 1 unspecified atom stereocenters. The molecular weight excluding hydrogens is 352 g/mol. The van der Waals surface area contributed by atoms with Crippen LogP contribution in [0.2, 0.25) is 0 Å². The van der Waals surface area contributed by atoms with Crippen molar-refractivity contribution >= 4 is 33.4 Å². The maximum atomic E-state index is 12.5. The Bertz CT molecular complexity index is 856. The van der Waals surface area contributed by atoms with Gasteiger partial charge in [0.15, 0.2) is 0 Å². The number of carbonyl (C=O) groups is 2. The number of aromatic nitrogens is 2. The SMILES string of the molecule is CCC(C)NC(=O)CCCNC(=O)Cn1cnc2sc(C)c(C)c2c1=O. The van der Waals surface area contributed by atoms with Crippen LogP contribution < -0.4 is 16.2 Å². The number of hydrogen-bond donors (Lipinski definition) is 2. The van der Waals surface area contributed by atoms with Gasteiger partial charge >= 0.3 is 0 Å². The van der Waals surface area contributed by atoms with E-state index in [2.05, 4.69) is 15.6 Å². The van der Waals surface area contributed by atoms with Crippen molar-refractivity contribution in [3.05, 3.63) is 27.1 Å². The summed E-state index contributed by atoms with van der Waals surface area (Å²) in [6.45, 7) is 8.14. The largest absolute Gasteiger partial charge is 0.355 e. The summed E-state index contributed by atoms with van der Waals surface area (Å²) in [6.07, 6.45) is 3.23. The van der Waals surface area contributed by atoms with E-state index in [-0.39, 0.29) is 30.0 Å². The number of hydrogen-bond acceptors (Lipinski definition) is 5. The Hall–Kier alpha value is -2.22. The maximum absolute atomic E-state index is 12.5. The second kappa shape index (κ2) is 8.93. The number of nitrogens with zero attached hydrogens (tertiary/aromatic N) is 2. The Morgan fingerprint density at radius 2 is 2.04 bits per heavy atom. The van der Waals surface area contributed by atoms with Crippen LogP contribution in [-0.4, -0.2) is 34.0 Å². The van der Waals surface area contributed by atoms with Crippen molar-refractivity contribution < 1.29 is 9.59 Å². The van der Waals surface area contributed by atoms with Gasteiger partial charge in [0.2, 0.25) is 11.8 Å². The van der Waals surface area contributed by atoms with Crippen LogP contribution in [0.1, 0.15) is 43.6 Å². The zero-order chi connectivity index (χ0) is 19.3. The van der Waals surface area contributed by atoms with Crippen LogP contribution >= 0.6 is 11.3 Å². The smallest absolute Gasteiger partial charge is 0.262 e. The highest BCUT2D eigenvalue weighted by Gasteiger charge is 2.13. The third-order valence-corrected chi connectivity index (χ3v) is 5.51. The van der Waals surface area contributed by atoms with Gasteiger partial charge in [-0.1, -0.05) is 6.92 Å². The lowest BCUT2D eigenvalue weighted by Gasteiger charge is -2.11. The Morgan fingerprint density at radius 3 is 2.73 bits per heavy atom. The fourth-order valence-electron chi connectivity index (χ4n) is 2.52. The molecule has 2 amide bonds. The number of fused-ring (bicyclic) bond motifs is 1.